The average Bonchev–Trinajstić information content (AvgIpc) is 2.50. The van der Waals surface area contributed by atoms with Gasteiger partial charge in [-0.25, -0.2) is 4.79 Å². The van der Waals surface area contributed by atoms with E-state index in [0.717, 1.165) is 15.7 Å². The van der Waals surface area contributed by atoms with Gasteiger partial charge in [-0.2, -0.15) is 0 Å². The summed E-state index contributed by atoms with van der Waals surface area (Å²) in [5, 5.41) is 2.93. The number of carbonyl (C=O) groups excluding carboxylic acids is 2. The van der Waals surface area contributed by atoms with Gasteiger partial charge in [0.25, 0.3) is 0 Å². The van der Waals surface area contributed by atoms with Crippen LogP contribution in [0.3, 0.4) is 0 Å². The summed E-state index contributed by atoms with van der Waals surface area (Å²) < 4.78 is 5.66. The van der Waals surface area contributed by atoms with Gasteiger partial charge < -0.3 is 15.0 Å². The number of nitrogens with zero attached hydrogens (tertiary/aromatic N) is 1. The Hall–Kier alpha value is -1.56. The van der Waals surface area contributed by atoms with E-state index < -0.39 is 0 Å². The van der Waals surface area contributed by atoms with Gasteiger partial charge in [-0.15, -0.1) is 0 Å². The molecule has 0 unspecified atom stereocenters. The lowest BCUT2D eigenvalue weighted by Gasteiger charge is -2.30. The summed E-state index contributed by atoms with van der Waals surface area (Å²) >= 11 is 3.45. The van der Waals surface area contributed by atoms with Gasteiger partial charge in [-0.05, 0) is 37.5 Å². The molecule has 1 aliphatic heterocycles. The number of nitrogens with one attached hydrogen (secondary N) is 1. The lowest BCUT2D eigenvalue weighted by Crippen LogP contribution is -2.41. The van der Waals surface area contributed by atoms with E-state index in [0.29, 0.717) is 25.9 Å². The van der Waals surface area contributed by atoms with E-state index in [1.165, 1.54) is 7.11 Å². The van der Waals surface area contributed by atoms with E-state index in [4.69, 9.17) is 0 Å². The van der Waals surface area contributed by atoms with Crippen molar-refractivity contribution in [2.24, 2.45) is 5.92 Å². The van der Waals surface area contributed by atoms with Gasteiger partial charge in [0.1, 0.15) is 0 Å². The Balaban J connectivity index is 1.90. The molecular weight excluding hydrogens is 336 g/mol. The van der Waals surface area contributed by atoms with Crippen molar-refractivity contribution < 1.29 is 14.3 Å². The number of ether oxygens (including phenoxy) is 1. The standard InChI is InChI=1S/C15H19BrN2O3/c1-10-3-4-12(9-13(10)16)17-14(19)11-5-7-18(8-6-11)15(20)21-2/h3-4,9,11H,5-8H2,1-2H3,(H,17,19). The second-order valence-corrected chi connectivity index (χ2v) is 6.04. The number of piperidine rings is 1. The van der Waals surface area contributed by atoms with Crippen LogP contribution in [0.15, 0.2) is 22.7 Å². The number of hydrogen-bond acceptors (Lipinski definition) is 3. The second-order valence-electron chi connectivity index (χ2n) is 5.18. The largest absolute Gasteiger partial charge is 0.453 e. The molecule has 1 aromatic carbocycles. The highest BCUT2D eigenvalue weighted by molar-refractivity contribution is 9.10. The van der Waals surface area contributed by atoms with Crippen molar-refractivity contribution in [3.05, 3.63) is 28.2 Å². The third-order valence-electron chi connectivity index (χ3n) is 3.74. The molecule has 5 nitrogen and oxygen atoms in total. The van der Waals surface area contributed by atoms with E-state index in [1.807, 2.05) is 25.1 Å². The minimum absolute atomic E-state index is 0.00951. The fourth-order valence-electron chi connectivity index (χ4n) is 2.37. The Morgan fingerprint density at radius 1 is 1.33 bits per heavy atom. The van der Waals surface area contributed by atoms with E-state index in [9.17, 15) is 9.59 Å². The number of benzene rings is 1. The van der Waals surface area contributed by atoms with Crippen molar-refractivity contribution in [2.75, 3.05) is 25.5 Å². The Morgan fingerprint density at radius 3 is 2.57 bits per heavy atom. The summed E-state index contributed by atoms with van der Waals surface area (Å²) in [7, 11) is 1.37. The van der Waals surface area contributed by atoms with Crippen LogP contribution in [-0.2, 0) is 9.53 Å². The minimum Gasteiger partial charge on any atom is -0.453 e. The van der Waals surface area contributed by atoms with Crippen LogP contribution < -0.4 is 5.32 Å². The molecule has 1 N–H and O–H groups in total. The molecule has 1 saturated heterocycles. The maximum atomic E-state index is 12.2. The van der Waals surface area contributed by atoms with Gasteiger partial charge in [-0.1, -0.05) is 22.0 Å². The molecule has 0 aliphatic carbocycles. The Labute approximate surface area is 132 Å². The number of hydrogen-bond donors (Lipinski definition) is 1. The Morgan fingerprint density at radius 2 is 2.00 bits per heavy atom. The molecule has 0 radical (unpaired) electrons. The molecule has 21 heavy (non-hydrogen) atoms. The van der Waals surface area contributed by atoms with Crippen molar-refractivity contribution in [1.82, 2.24) is 4.90 Å². The van der Waals surface area contributed by atoms with Crippen LogP contribution in [0.5, 0.6) is 0 Å². The quantitative estimate of drug-likeness (QED) is 0.887. The van der Waals surface area contributed by atoms with Crippen molar-refractivity contribution in [3.8, 4) is 0 Å². The van der Waals surface area contributed by atoms with Crippen LogP contribution in [0, 0.1) is 12.8 Å². The molecule has 1 fully saturated rings. The molecule has 114 valence electrons. The van der Waals surface area contributed by atoms with E-state index in [2.05, 4.69) is 26.0 Å². The summed E-state index contributed by atoms with van der Waals surface area (Å²) in [6, 6.07) is 5.75. The zero-order valence-electron chi connectivity index (χ0n) is 12.2. The third kappa shape index (κ3) is 3.97. The van der Waals surface area contributed by atoms with E-state index in [-0.39, 0.29) is 17.9 Å². The van der Waals surface area contributed by atoms with Crippen molar-refractivity contribution in [3.63, 3.8) is 0 Å². The first-order chi connectivity index (χ1) is 10.0. The first-order valence-corrected chi connectivity index (χ1v) is 7.70. The highest BCUT2D eigenvalue weighted by atomic mass is 79.9. The summed E-state index contributed by atoms with van der Waals surface area (Å²) in [5.41, 5.74) is 1.91. The van der Waals surface area contributed by atoms with Gasteiger partial charge in [0, 0.05) is 29.2 Å². The smallest absolute Gasteiger partial charge is 0.409 e. The molecule has 0 atom stereocenters. The zero-order chi connectivity index (χ0) is 15.4. The molecule has 1 heterocycles. The maximum absolute atomic E-state index is 12.2. The molecular formula is C15H19BrN2O3. The van der Waals surface area contributed by atoms with Gasteiger partial charge in [-0.3, -0.25) is 4.79 Å². The molecule has 1 aromatic rings. The van der Waals surface area contributed by atoms with Crippen LogP contribution in [0.25, 0.3) is 0 Å². The van der Waals surface area contributed by atoms with Crippen molar-refractivity contribution in [1.29, 1.82) is 0 Å². The summed E-state index contributed by atoms with van der Waals surface area (Å²) in [5.74, 6) is -0.0544. The number of rotatable bonds is 2. The number of amides is 2. The summed E-state index contributed by atoms with van der Waals surface area (Å²) in [6.07, 6.45) is 0.999. The van der Waals surface area contributed by atoms with Gasteiger partial charge in [0.05, 0.1) is 7.11 Å². The summed E-state index contributed by atoms with van der Waals surface area (Å²) in [6.45, 7) is 3.11. The van der Waals surface area contributed by atoms with Gasteiger partial charge >= 0.3 is 6.09 Å². The number of anilines is 1. The number of halogens is 1. The molecule has 2 amide bonds. The second kappa shape index (κ2) is 6.93. The van der Waals surface area contributed by atoms with Crippen molar-refractivity contribution >= 4 is 33.6 Å². The Kier molecular flexibility index (Phi) is 5.22. The number of methoxy groups -OCH3 is 1. The van der Waals surface area contributed by atoms with Crippen LogP contribution in [0.1, 0.15) is 18.4 Å². The normalized spacial score (nSPS) is 15.7. The molecule has 0 saturated carbocycles. The topological polar surface area (TPSA) is 58.6 Å². The molecule has 0 bridgehead atoms. The van der Waals surface area contributed by atoms with Crippen LogP contribution in [0.2, 0.25) is 0 Å². The highest BCUT2D eigenvalue weighted by Crippen LogP contribution is 2.23. The number of carbonyl (C=O) groups is 2. The Bertz CT molecular complexity index is 540. The maximum Gasteiger partial charge on any atom is 0.409 e. The van der Waals surface area contributed by atoms with Crippen LogP contribution in [0.4, 0.5) is 10.5 Å². The fourth-order valence-corrected chi connectivity index (χ4v) is 2.75. The predicted molar refractivity (Wildman–Crippen MR) is 84.2 cm³/mol. The summed E-state index contributed by atoms with van der Waals surface area (Å²) in [4.78, 5) is 25.3. The van der Waals surface area contributed by atoms with Crippen molar-refractivity contribution in [2.45, 2.75) is 19.8 Å². The highest BCUT2D eigenvalue weighted by Gasteiger charge is 2.27. The molecule has 1 aliphatic rings. The monoisotopic (exact) mass is 354 g/mol. The predicted octanol–water partition coefficient (Wildman–Crippen LogP) is 3.17. The van der Waals surface area contributed by atoms with Gasteiger partial charge in [0.15, 0.2) is 0 Å². The first kappa shape index (κ1) is 15.8. The van der Waals surface area contributed by atoms with E-state index in [1.54, 1.807) is 4.90 Å². The molecule has 6 heteroatoms. The number of aryl methyl sites for hydroxylation is 1. The van der Waals surface area contributed by atoms with E-state index >= 15 is 0 Å². The number of likely N-dealkylation sites (tertiary alicyclic amines) is 1. The van der Waals surface area contributed by atoms with Gasteiger partial charge in [0.2, 0.25) is 5.91 Å². The molecule has 2 rings (SSSR count). The average molecular weight is 355 g/mol. The lowest BCUT2D eigenvalue weighted by molar-refractivity contribution is -0.121. The SMILES string of the molecule is COC(=O)N1CCC(C(=O)Nc2ccc(C)c(Br)c2)CC1. The third-order valence-corrected chi connectivity index (χ3v) is 4.59. The zero-order valence-corrected chi connectivity index (χ0v) is 13.8. The first-order valence-electron chi connectivity index (χ1n) is 6.91. The lowest BCUT2D eigenvalue weighted by atomic mass is 9.96. The van der Waals surface area contributed by atoms with Crippen LogP contribution >= 0.6 is 15.9 Å². The molecule has 0 spiro atoms. The van der Waals surface area contributed by atoms with Crippen LogP contribution in [-0.4, -0.2) is 37.1 Å². The fraction of sp³-hybridized carbons (Fsp3) is 0.467. The molecule has 0 aromatic heterocycles. The minimum atomic E-state index is -0.323.